The molecule has 1 heterocycles. The summed E-state index contributed by atoms with van der Waals surface area (Å²) in [4.78, 5) is 1.08. The lowest BCUT2D eigenvalue weighted by Gasteiger charge is -2.11. The number of thiophene rings is 1. The molecule has 1 nitrogen and oxygen atoms in total. The Labute approximate surface area is 120 Å². The van der Waals surface area contributed by atoms with E-state index in [9.17, 15) is 9.50 Å². The molecule has 0 spiro atoms. The number of hydrogen-bond donors (Lipinski definition) is 1. The van der Waals surface area contributed by atoms with Gasteiger partial charge in [-0.15, -0.1) is 11.3 Å². The largest absolute Gasteiger partial charge is 0.388 e. The van der Waals surface area contributed by atoms with Gasteiger partial charge in [0, 0.05) is 15.8 Å². The molecule has 0 saturated heterocycles. The molecule has 0 amide bonds. The molecular formula is C12H9Br2FOS. The molecule has 0 radical (unpaired) electrons. The van der Waals surface area contributed by atoms with Gasteiger partial charge in [-0.05, 0) is 45.8 Å². The number of hydrogen-bond acceptors (Lipinski definition) is 2. The molecule has 0 aliphatic heterocycles. The number of aliphatic hydroxyl groups excluding tert-OH is 1. The number of aliphatic hydroxyl groups is 1. The lowest BCUT2D eigenvalue weighted by atomic mass is 10.1. The van der Waals surface area contributed by atoms with E-state index >= 15 is 0 Å². The van der Waals surface area contributed by atoms with E-state index in [1.54, 1.807) is 17.4 Å². The summed E-state index contributed by atoms with van der Waals surface area (Å²) < 4.78 is 14.6. The topological polar surface area (TPSA) is 20.2 Å². The molecule has 0 fully saturated rings. The van der Waals surface area contributed by atoms with Gasteiger partial charge in [-0.1, -0.05) is 22.0 Å². The summed E-state index contributed by atoms with van der Waals surface area (Å²) in [7, 11) is 0. The van der Waals surface area contributed by atoms with Crippen LogP contribution in [0, 0.1) is 5.82 Å². The maximum atomic E-state index is 12.9. The Morgan fingerprint density at radius 2 is 2.00 bits per heavy atom. The number of rotatable bonds is 3. The van der Waals surface area contributed by atoms with E-state index < -0.39 is 6.10 Å². The molecule has 0 bridgehead atoms. The quantitative estimate of drug-likeness (QED) is 0.820. The zero-order chi connectivity index (χ0) is 12.4. The summed E-state index contributed by atoms with van der Waals surface area (Å²) >= 11 is 8.23. The first kappa shape index (κ1) is 13.2. The average molecular weight is 380 g/mol. The summed E-state index contributed by atoms with van der Waals surface area (Å²) in [6.07, 6.45) is -0.101. The predicted molar refractivity (Wildman–Crippen MR) is 74.8 cm³/mol. The van der Waals surface area contributed by atoms with Crippen LogP contribution in [-0.4, -0.2) is 5.11 Å². The highest BCUT2D eigenvalue weighted by Crippen LogP contribution is 2.30. The van der Waals surface area contributed by atoms with E-state index in [1.165, 1.54) is 12.1 Å². The van der Waals surface area contributed by atoms with Gasteiger partial charge in [-0.25, -0.2) is 4.39 Å². The minimum atomic E-state index is -0.629. The van der Waals surface area contributed by atoms with E-state index in [0.717, 1.165) is 8.66 Å². The monoisotopic (exact) mass is 378 g/mol. The van der Waals surface area contributed by atoms with Crippen LogP contribution in [-0.2, 0) is 6.42 Å². The highest BCUT2D eigenvalue weighted by molar-refractivity contribution is 9.11. The Bertz CT molecular complexity index is 527. The first-order valence-electron chi connectivity index (χ1n) is 4.93. The second-order valence-electron chi connectivity index (χ2n) is 3.59. The molecule has 90 valence electrons. The van der Waals surface area contributed by atoms with Crippen LogP contribution in [0.3, 0.4) is 0 Å². The van der Waals surface area contributed by atoms with Crippen LogP contribution < -0.4 is 0 Å². The van der Waals surface area contributed by atoms with E-state index in [4.69, 9.17) is 0 Å². The van der Waals surface area contributed by atoms with Crippen molar-refractivity contribution in [1.29, 1.82) is 0 Å². The smallest absolute Gasteiger partial charge is 0.124 e. The van der Waals surface area contributed by atoms with Crippen LogP contribution in [0.4, 0.5) is 4.39 Å². The van der Waals surface area contributed by atoms with Gasteiger partial charge >= 0.3 is 0 Å². The van der Waals surface area contributed by atoms with Crippen LogP contribution in [0.15, 0.2) is 38.6 Å². The molecule has 2 rings (SSSR count). The number of halogens is 3. The fraction of sp³-hybridized carbons (Fsp3) is 0.167. The van der Waals surface area contributed by atoms with E-state index in [-0.39, 0.29) is 5.82 Å². The summed E-state index contributed by atoms with van der Waals surface area (Å²) in [5, 5.41) is 10.1. The lowest BCUT2D eigenvalue weighted by Crippen LogP contribution is -2.01. The Kier molecular flexibility index (Phi) is 4.36. The standard InChI is InChI=1S/C12H9Br2FOS/c13-10-5-7(15)1-3-9(10)11(16)6-8-2-4-12(14)17-8/h1-5,11,16H,6H2. The van der Waals surface area contributed by atoms with E-state index in [1.807, 2.05) is 12.1 Å². The van der Waals surface area contributed by atoms with Crippen LogP contribution in [0.1, 0.15) is 16.5 Å². The van der Waals surface area contributed by atoms with Crippen molar-refractivity contribution < 1.29 is 9.50 Å². The zero-order valence-electron chi connectivity index (χ0n) is 8.66. The SMILES string of the molecule is OC(Cc1ccc(Br)s1)c1ccc(F)cc1Br. The van der Waals surface area contributed by atoms with E-state index in [2.05, 4.69) is 31.9 Å². The minimum Gasteiger partial charge on any atom is -0.388 e. The van der Waals surface area contributed by atoms with Gasteiger partial charge in [0.2, 0.25) is 0 Å². The maximum Gasteiger partial charge on any atom is 0.124 e. The zero-order valence-corrected chi connectivity index (χ0v) is 12.6. The third-order valence-electron chi connectivity index (χ3n) is 2.34. The molecule has 1 N–H and O–H groups in total. The number of benzene rings is 1. The van der Waals surface area contributed by atoms with Crippen molar-refractivity contribution >= 4 is 43.2 Å². The molecule has 0 aliphatic carbocycles. The van der Waals surface area contributed by atoms with Gasteiger partial charge in [-0.3, -0.25) is 0 Å². The molecule has 1 aromatic carbocycles. The fourth-order valence-electron chi connectivity index (χ4n) is 1.53. The first-order chi connectivity index (χ1) is 8.06. The van der Waals surface area contributed by atoms with Crippen molar-refractivity contribution in [3.05, 3.63) is 54.8 Å². The second kappa shape index (κ2) is 5.61. The lowest BCUT2D eigenvalue weighted by molar-refractivity contribution is 0.178. The van der Waals surface area contributed by atoms with E-state index in [0.29, 0.717) is 16.5 Å². The van der Waals surface area contributed by atoms with Crippen LogP contribution in [0.2, 0.25) is 0 Å². The molecule has 2 aromatic rings. The highest BCUT2D eigenvalue weighted by Gasteiger charge is 2.13. The normalized spacial score (nSPS) is 12.7. The van der Waals surface area contributed by atoms with Crippen molar-refractivity contribution in [2.45, 2.75) is 12.5 Å². The predicted octanol–water partition coefficient (Wildman–Crippen LogP) is 4.69. The van der Waals surface area contributed by atoms with Gasteiger partial charge in [0.25, 0.3) is 0 Å². The Morgan fingerprint density at radius 3 is 2.59 bits per heavy atom. The van der Waals surface area contributed by atoms with Crippen LogP contribution in [0.5, 0.6) is 0 Å². The van der Waals surface area contributed by atoms with Gasteiger partial charge in [0.15, 0.2) is 0 Å². The van der Waals surface area contributed by atoms with Gasteiger partial charge < -0.3 is 5.11 Å². The van der Waals surface area contributed by atoms with Crippen molar-refractivity contribution in [2.24, 2.45) is 0 Å². The second-order valence-corrected chi connectivity index (χ2v) is 6.99. The average Bonchev–Trinajstić information content (AvgIpc) is 2.63. The third kappa shape index (κ3) is 3.37. The Hall–Kier alpha value is -0.230. The van der Waals surface area contributed by atoms with Crippen molar-refractivity contribution in [3.8, 4) is 0 Å². The summed E-state index contributed by atoms with van der Waals surface area (Å²) in [5.41, 5.74) is 0.705. The van der Waals surface area contributed by atoms with Gasteiger partial charge in [-0.2, -0.15) is 0 Å². The third-order valence-corrected chi connectivity index (χ3v) is 4.68. The molecule has 0 aliphatic rings. The molecule has 1 atom stereocenters. The van der Waals surface area contributed by atoms with Crippen molar-refractivity contribution in [2.75, 3.05) is 0 Å². The summed E-state index contributed by atoms with van der Waals surface area (Å²) in [5.74, 6) is -0.313. The maximum absolute atomic E-state index is 12.9. The Morgan fingerprint density at radius 1 is 1.24 bits per heavy atom. The van der Waals surface area contributed by atoms with Crippen LogP contribution >= 0.6 is 43.2 Å². The molecule has 0 saturated carbocycles. The van der Waals surface area contributed by atoms with Gasteiger partial charge in [0.1, 0.15) is 5.82 Å². The summed E-state index contributed by atoms with van der Waals surface area (Å²) in [6, 6.07) is 8.24. The van der Waals surface area contributed by atoms with Crippen molar-refractivity contribution in [3.63, 3.8) is 0 Å². The molecule has 1 aromatic heterocycles. The molecule has 17 heavy (non-hydrogen) atoms. The molecule has 1 unspecified atom stereocenters. The molecule has 5 heteroatoms. The Balaban J connectivity index is 2.17. The fourth-order valence-corrected chi connectivity index (χ4v) is 3.67. The molecular weight excluding hydrogens is 371 g/mol. The summed E-state index contributed by atoms with van der Waals surface area (Å²) in [6.45, 7) is 0. The highest BCUT2D eigenvalue weighted by atomic mass is 79.9. The van der Waals surface area contributed by atoms with Gasteiger partial charge in [0.05, 0.1) is 9.89 Å². The minimum absolute atomic E-state index is 0.313. The van der Waals surface area contributed by atoms with Crippen molar-refractivity contribution in [1.82, 2.24) is 0 Å². The van der Waals surface area contributed by atoms with Crippen LogP contribution in [0.25, 0.3) is 0 Å². The first-order valence-corrected chi connectivity index (χ1v) is 7.34.